The summed E-state index contributed by atoms with van der Waals surface area (Å²) >= 11 is 5.75. The van der Waals surface area contributed by atoms with E-state index in [1.807, 2.05) is 13.1 Å². The monoisotopic (exact) mass is 227 g/mol. The highest BCUT2D eigenvalue weighted by Crippen LogP contribution is 2.22. The topological polar surface area (TPSA) is 38.2 Å². The van der Waals surface area contributed by atoms with Crippen LogP contribution in [0.1, 0.15) is 6.92 Å². The van der Waals surface area contributed by atoms with Crippen LogP contribution >= 0.6 is 11.6 Å². The van der Waals surface area contributed by atoms with E-state index in [9.17, 15) is 0 Å². The van der Waals surface area contributed by atoms with Crippen molar-refractivity contribution < 1.29 is 4.74 Å². The van der Waals surface area contributed by atoms with Gasteiger partial charge in [0.25, 0.3) is 0 Å². The first-order chi connectivity index (χ1) is 7.18. The summed E-state index contributed by atoms with van der Waals surface area (Å²) in [6, 6.07) is 2.23. The number of aromatic nitrogens is 2. The third-order valence-electron chi connectivity index (χ3n) is 2.80. The van der Waals surface area contributed by atoms with Crippen LogP contribution in [0, 0.1) is 5.92 Å². The van der Waals surface area contributed by atoms with Crippen molar-refractivity contribution in [2.45, 2.75) is 13.0 Å². The lowest BCUT2D eigenvalue weighted by atomic mass is 10.1. The van der Waals surface area contributed by atoms with Gasteiger partial charge in [0.2, 0.25) is 5.28 Å². The van der Waals surface area contributed by atoms with Crippen LogP contribution in [-0.2, 0) is 4.74 Å². The molecule has 1 saturated heterocycles. The maximum Gasteiger partial charge on any atom is 0.224 e. The van der Waals surface area contributed by atoms with E-state index in [-0.39, 0.29) is 5.28 Å². The Morgan fingerprint density at radius 2 is 2.33 bits per heavy atom. The van der Waals surface area contributed by atoms with Gasteiger partial charge in [0.05, 0.1) is 19.3 Å². The molecular formula is C10H14ClN3O. The molecule has 1 aromatic heterocycles. The second-order valence-corrected chi connectivity index (χ2v) is 4.21. The molecule has 0 aliphatic carbocycles. The van der Waals surface area contributed by atoms with Crippen LogP contribution < -0.4 is 4.90 Å². The largest absolute Gasteiger partial charge is 0.379 e. The van der Waals surface area contributed by atoms with E-state index >= 15 is 0 Å². The SMILES string of the molecule is CC1COCC1N(C)c1ccnc(Cl)n1. The summed E-state index contributed by atoms with van der Waals surface area (Å²) in [5.74, 6) is 1.36. The maximum atomic E-state index is 5.75. The predicted molar refractivity (Wildman–Crippen MR) is 59.2 cm³/mol. The molecule has 2 heterocycles. The molecule has 0 aromatic carbocycles. The van der Waals surface area contributed by atoms with Gasteiger partial charge in [-0.25, -0.2) is 9.97 Å². The fourth-order valence-electron chi connectivity index (χ4n) is 1.84. The smallest absolute Gasteiger partial charge is 0.224 e. The summed E-state index contributed by atoms with van der Waals surface area (Å²) in [4.78, 5) is 10.1. The van der Waals surface area contributed by atoms with E-state index in [0.717, 1.165) is 19.0 Å². The highest BCUT2D eigenvalue weighted by molar-refractivity contribution is 6.28. The quantitative estimate of drug-likeness (QED) is 0.720. The molecule has 82 valence electrons. The van der Waals surface area contributed by atoms with Gasteiger partial charge in [-0.3, -0.25) is 0 Å². The number of rotatable bonds is 2. The summed E-state index contributed by atoms with van der Waals surface area (Å²) in [6.07, 6.45) is 1.67. The lowest BCUT2D eigenvalue weighted by Gasteiger charge is -2.27. The standard InChI is InChI=1S/C10H14ClN3O/c1-7-5-15-6-8(7)14(2)9-3-4-12-10(11)13-9/h3-4,7-8H,5-6H2,1-2H3. The van der Waals surface area contributed by atoms with E-state index in [0.29, 0.717) is 12.0 Å². The van der Waals surface area contributed by atoms with Crippen LogP contribution in [0.15, 0.2) is 12.3 Å². The van der Waals surface area contributed by atoms with Crippen molar-refractivity contribution in [1.82, 2.24) is 9.97 Å². The van der Waals surface area contributed by atoms with E-state index in [1.165, 1.54) is 0 Å². The van der Waals surface area contributed by atoms with Crippen LogP contribution in [0.4, 0.5) is 5.82 Å². The minimum Gasteiger partial charge on any atom is -0.379 e. The molecule has 0 N–H and O–H groups in total. The Hall–Kier alpha value is -0.870. The molecule has 0 radical (unpaired) electrons. The third-order valence-corrected chi connectivity index (χ3v) is 2.98. The lowest BCUT2D eigenvalue weighted by Crippen LogP contribution is -2.37. The van der Waals surface area contributed by atoms with Crippen LogP contribution in [0.5, 0.6) is 0 Å². The Labute approximate surface area is 94.2 Å². The van der Waals surface area contributed by atoms with Crippen molar-refractivity contribution in [2.75, 3.05) is 25.2 Å². The molecular weight excluding hydrogens is 214 g/mol. The molecule has 2 unspecified atom stereocenters. The Morgan fingerprint density at radius 3 is 2.93 bits per heavy atom. The van der Waals surface area contributed by atoms with Gasteiger partial charge >= 0.3 is 0 Å². The number of hydrogen-bond donors (Lipinski definition) is 0. The zero-order valence-corrected chi connectivity index (χ0v) is 9.61. The fraction of sp³-hybridized carbons (Fsp3) is 0.600. The summed E-state index contributed by atoms with van der Waals surface area (Å²) in [5, 5.41) is 0.283. The van der Waals surface area contributed by atoms with E-state index < -0.39 is 0 Å². The van der Waals surface area contributed by atoms with E-state index in [1.54, 1.807) is 6.20 Å². The second kappa shape index (κ2) is 4.33. The molecule has 1 aliphatic rings. The van der Waals surface area contributed by atoms with Gasteiger partial charge in [-0.1, -0.05) is 6.92 Å². The average molecular weight is 228 g/mol. The van der Waals surface area contributed by atoms with Crippen molar-refractivity contribution in [3.05, 3.63) is 17.5 Å². The molecule has 0 spiro atoms. The van der Waals surface area contributed by atoms with Crippen LogP contribution in [0.2, 0.25) is 5.28 Å². The molecule has 5 heteroatoms. The van der Waals surface area contributed by atoms with E-state index in [2.05, 4.69) is 21.8 Å². The highest BCUT2D eigenvalue weighted by Gasteiger charge is 2.28. The summed E-state index contributed by atoms with van der Waals surface area (Å²) in [7, 11) is 2.01. The molecule has 4 nitrogen and oxygen atoms in total. The number of nitrogens with zero attached hydrogens (tertiary/aromatic N) is 3. The fourth-order valence-corrected chi connectivity index (χ4v) is 1.98. The van der Waals surface area contributed by atoms with Crippen LogP contribution in [-0.4, -0.2) is 36.3 Å². The summed E-state index contributed by atoms with van der Waals surface area (Å²) in [6.45, 7) is 3.74. The van der Waals surface area contributed by atoms with Crippen molar-refractivity contribution in [2.24, 2.45) is 5.92 Å². The Kier molecular flexibility index (Phi) is 3.07. The molecule has 0 amide bonds. The first-order valence-electron chi connectivity index (χ1n) is 4.97. The van der Waals surface area contributed by atoms with Gasteiger partial charge in [0.1, 0.15) is 5.82 Å². The highest BCUT2D eigenvalue weighted by atomic mass is 35.5. The Morgan fingerprint density at radius 1 is 1.53 bits per heavy atom. The molecule has 1 fully saturated rings. The number of hydrogen-bond acceptors (Lipinski definition) is 4. The lowest BCUT2D eigenvalue weighted by molar-refractivity contribution is 0.186. The zero-order valence-electron chi connectivity index (χ0n) is 8.85. The summed E-state index contributed by atoms with van der Waals surface area (Å²) < 4.78 is 5.42. The normalized spacial score (nSPS) is 25.5. The number of halogens is 1. The first-order valence-corrected chi connectivity index (χ1v) is 5.35. The maximum absolute atomic E-state index is 5.75. The van der Waals surface area contributed by atoms with Crippen molar-refractivity contribution >= 4 is 17.4 Å². The Balaban J connectivity index is 2.16. The van der Waals surface area contributed by atoms with Gasteiger partial charge in [-0.15, -0.1) is 0 Å². The minimum atomic E-state index is 0.283. The number of anilines is 1. The van der Waals surface area contributed by atoms with Crippen molar-refractivity contribution in [1.29, 1.82) is 0 Å². The van der Waals surface area contributed by atoms with E-state index in [4.69, 9.17) is 16.3 Å². The molecule has 0 bridgehead atoms. The summed E-state index contributed by atoms with van der Waals surface area (Å²) in [5.41, 5.74) is 0. The van der Waals surface area contributed by atoms with Crippen LogP contribution in [0.3, 0.4) is 0 Å². The van der Waals surface area contributed by atoms with Crippen molar-refractivity contribution in [3.8, 4) is 0 Å². The predicted octanol–water partition coefficient (Wildman–Crippen LogP) is 1.60. The zero-order chi connectivity index (χ0) is 10.8. The molecule has 1 aromatic rings. The van der Waals surface area contributed by atoms with Gasteiger partial charge in [0.15, 0.2) is 0 Å². The number of likely N-dealkylation sites (N-methyl/N-ethyl adjacent to an activating group) is 1. The third kappa shape index (κ3) is 2.21. The second-order valence-electron chi connectivity index (χ2n) is 3.88. The number of ether oxygens (including phenoxy) is 1. The van der Waals surface area contributed by atoms with Gasteiger partial charge in [-0.2, -0.15) is 0 Å². The molecule has 0 saturated carbocycles. The first kappa shape index (κ1) is 10.6. The van der Waals surface area contributed by atoms with Crippen LogP contribution in [0.25, 0.3) is 0 Å². The van der Waals surface area contributed by atoms with Crippen molar-refractivity contribution in [3.63, 3.8) is 0 Å². The molecule has 2 rings (SSSR count). The van der Waals surface area contributed by atoms with Gasteiger partial charge in [-0.05, 0) is 17.7 Å². The molecule has 2 atom stereocenters. The molecule has 1 aliphatic heterocycles. The average Bonchev–Trinajstić information content (AvgIpc) is 2.63. The Bertz CT molecular complexity index is 347. The molecule has 15 heavy (non-hydrogen) atoms. The minimum absolute atomic E-state index is 0.283. The van der Waals surface area contributed by atoms with Gasteiger partial charge < -0.3 is 9.64 Å². The van der Waals surface area contributed by atoms with Gasteiger partial charge in [0, 0.05) is 19.2 Å².